The van der Waals surface area contributed by atoms with Crippen LogP contribution >= 0.6 is 22.7 Å². The Balaban J connectivity index is 1.32. The number of benzene rings is 1. The van der Waals surface area contributed by atoms with Gasteiger partial charge in [-0.2, -0.15) is 11.3 Å². The summed E-state index contributed by atoms with van der Waals surface area (Å²) >= 11 is 3.03. The van der Waals surface area contributed by atoms with Crippen molar-refractivity contribution >= 4 is 34.4 Å². The number of nitrogens with one attached hydrogen (secondary N) is 2. The first kappa shape index (κ1) is 16.9. The average Bonchev–Trinajstić information content (AvgIpc) is 3.40. The van der Waals surface area contributed by atoms with E-state index in [0.29, 0.717) is 23.7 Å². The van der Waals surface area contributed by atoms with Gasteiger partial charge in [0.2, 0.25) is 6.79 Å². The Hall–Kier alpha value is -2.55. The van der Waals surface area contributed by atoms with Gasteiger partial charge >= 0.3 is 6.03 Å². The van der Waals surface area contributed by atoms with Gasteiger partial charge in [0.25, 0.3) is 0 Å². The molecule has 134 valence electrons. The minimum Gasteiger partial charge on any atom is -0.454 e. The van der Waals surface area contributed by atoms with Gasteiger partial charge in [0.05, 0.1) is 6.54 Å². The van der Waals surface area contributed by atoms with Crippen LogP contribution in [0.4, 0.5) is 10.5 Å². The quantitative estimate of drug-likeness (QED) is 0.618. The van der Waals surface area contributed by atoms with E-state index in [4.69, 9.17) is 9.47 Å². The summed E-state index contributed by atoms with van der Waals surface area (Å²) in [6.45, 7) is 0.584. The number of hydrogen-bond donors (Lipinski definition) is 3. The predicted octanol–water partition coefficient (Wildman–Crippen LogP) is 3.94. The molecule has 0 radical (unpaired) electrons. The molecule has 3 N–H and O–H groups in total. The van der Waals surface area contributed by atoms with Crippen molar-refractivity contribution < 1.29 is 19.4 Å². The van der Waals surface area contributed by atoms with Gasteiger partial charge in [0, 0.05) is 21.5 Å². The Morgan fingerprint density at radius 3 is 2.92 bits per heavy atom. The van der Waals surface area contributed by atoms with Crippen molar-refractivity contribution in [1.82, 2.24) is 5.32 Å². The first-order valence-electron chi connectivity index (χ1n) is 7.92. The van der Waals surface area contributed by atoms with Crippen LogP contribution in [0, 0.1) is 0 Å². The normalized spacial score (nSPS) is 13.4. The monoisotopic (exact) mass is 388 g/mol. The number of thiophene rings is 2. The molecular weight excluding hydrogens is 372 g/mol. The number of ether oxygens (including phenoxy) is 2. The molecule has 0 bridgehead atoms. The Morgan fingerprint density at radius 2 is 2.08 bits per heavy atom. The van der Waals surface area contributed by atoms with Crippen LogP contribution in [-0.2, 0) is 6.54 Å². The van der Waals surface area contributed by atoms with E-state index in [9.17, 15) is 9.90 Å². The molecule has 0 saturated heterocycles. The van der Waals surface area contributed by atoms with Crippen LogP contribution in [0.1, 0.15) is 21.4 Å². The topological polar surface area (TPSA) is 79.8 Å². The highest BCUT2D eigenvalue weighted by Crippen LogP contribution is 2.34. The van der Waals surface area contributed by atoms with Crippen LogP contribution < -0.4 is 20.1 Å². The molecule has 0 unspecified atom stereocenters. The van der Waals surface area contributed by atoms with Crippen molar-refractivity contribution in [3.8, 4) is 11.5 Å². The summed E-state index contributed by atoms with van der Waals surface area (Å²) in [4.78, 5) is 13.9. The summed E-state index contributed by atoms with van der Waals surface area (Å²) in [5.41, 5.74) is 1.52. The highest BCUT2D eigenvalue weighted by molar-refractivity contribution is 7.12. The van der Waals surface area contributed by atoms with E-state index in [1.807, 2.05) is 29.0 Å². The molecule has 0 saturated carbocycles. The zero-order chi connectivity index (χ0) is 17.9. The van der Waals surface area contributed by atoms with Crippen LogP contribution in [0.3, 0.4) is 0 Å². The van der Waals surface area contributed by atoms with Crippen LogP contribution in [0.5, 0.6) is 11.5 Å². The molecule has 3 heterocycles. The lowest BCUT2D eigenvalue weighted by Gasteiger charge is -2.08. The number of aliphatic hydroxyl groups excluding tert-OH is 1. The van der Waals surface area contributed by atoms with Gasteiger partial charge in [-0.15, -0.1) is 11.3 Å². The lowest BCUT2D eigenvalue weighted by Crippen LogP contribution is -2.27. The summed E-state index contributed by atoms with van der Waals surface area (Å²) in [5.74, 6) is 1.29. The van der Waals surface area contributed by atoms with Crippen LogP contribution in [-0.4, -0.2) is 17.9 Å². The summed E-state index contributed by atoms with van der Waals surface area (Å²) in [6, 6.07) is 10.6. The van der Waals surface area contributed by atoms with E-state index in [1.165, 1.54) is 11.3 Å². The fourth-order valence-corrected chi connectivity index (χ4v) is 4.19. The first-order chi connectivity index (χ1) is 12.7. The summed E-state index contributed by atoms with van der Waals surface area (Å²) in [6.07, 6.45) is -0.623. The number of anilines is 1. The summed E-state index contributed by atoms with van der Waals surface area (Å²) in [5, 5.41) is 19.8. The number of rotatable bonds is 5. The lowest BCUT2D eigenvalue weighted by molar-refractivity contribution is 0.174. The molecule has 2 aromatic heterocycles. The number of amides is 2. The molecule has 4 rings (SSSR count). The van der Waals surface area contributed by atoms with Crippen molar-refractivity contribution in [2.75, 3.05) is 12.1 Å². The SMILES string of the molecule is O=C(NCc1ccc([C@H](O)c2ccsc2)s1)Nc1ccc2c(c1)OCO2. The fourth-order valence-electron chi connectivity index (χ4n) is 2.55. The predicted molar refractivity (Wildman–Crippen MR) is 101 cm³/mol. The van der Waals surface area contributed by atoms with E-state index in [-0.39, 0.29) is 12.8 Å². The number of carbonyl (C=O) groups excluding carboxylic acids is 1. The average molecular weight is 388 g/mol. The van der Waals surface area contributed by atoms with E-state index >= 15 is 0 Å². The smallest absolute Gasteiger partial charge is 0.319 e. The summed E-state index contributed by atoms with van der Waals surface area (Å²) < 4.78 is 10.5. The van der Waals surface area contributed by atoms with Crippen molar-refractivity contribution in [3.63, 3.8) is 0 Å². The molecule has 1 atom stereocenters. The molecule has 1 aromatic carbocycles. The van der Waals surface area contributed by atoms with E-state index in [0.717, 1.165) is 15.3 Å². The second-order valence-corrected chi connectivity index (χ2v) is 7.62. The molecule has 3 aromatic rings. The first-order valence-corrected chi connectivity index (χ1v) is 9.68. The molecule has 0 fully saturated rings. The molecule has 26 heavy (non-hydrogen) atoms. The molecule has 1 aliphatic heterocycles. The number of fused-ring (bicyclic) bond motifs is 1. The Labute approximate surface area is 158 Å². The van der Waals surface area contributed by atoms with Gasteiger partial charge < -0.3 is 25.2 Å². The maximum absolute atomic E-state index is 12.1. The fraction of sp³-hybridized carbons (Fsp3) is 0.167. The van der Waals surface area contributed by atoms with Crippen molar-refractivity contribution in [1.29, 1.82) is 0 Å². The maximum atomic E-state index is 12.1. The standard InChI is InChI=1S/C18H16N2O4S2/c21-17(11-5-6-25-9-11)16-4-2-13(26-16)8-19-18(22)20-12-1-3-14-15(7-12)24-10-23-14/h1-7,9,17,21H,8,10H2,(H2,19,20,22)/t17-/m1/s1. The minimum absolute atomic E-state index is 0.197. The van der Waals surface area contributed by atoms with Gasteiger partial charge in [0.15, 0.2) is 11.5 Å². The highest BCUT2D eigenvalue weighted by Gasteiger charge is 2.15. The van der Waals surface area contributed by atoms with Gasteiger partial charge in [0.1, 0.15) is 6.10 Å². The number of urea groups is 1. The second kappa shape index (κ2) is 7.36. The maximum Gasteiger partial charge on any atom is 0.319 e. The minimum atomic E-state index is -0.623. The van der Waals surface area contributed by atoms with Crippen LogP contribution in [0.2, 0.25) is 0 Å². The zero-order valence-corrected chi connectivity index (χ0v) is 15.2. The van der Waals surface area contributed by atoms with Crippen LogP contribution in [0.15, 0.2) is 47.2 Å². The van der Waals surface area contributed by atoms with E-state index in [1.54, 1.807) is 29.5 Å². The highest BCUT2D eigenvalue weighted by atomic mass is 32.1. The number of aliphatic hydroxyl groups is 1. The zero-order valence-electron chi connectivity index (χ0n) is 13.6. The molecule has 1 aliphatic rings. The van der Waals surface area contributed by atoms with Gasteiger partial charge in [-0.05, 0) is 46.7 Å². The third kappa shape index (κ3) is 3.67. The largest absolute Gasteiger partial charge is 0.454 e. The number of hydrogen-bond acceptors (Lipinski definition) is 6. The number of carbonyl (C=O) groups is 1. The molecule has 0 spiro atoms. The van der Waals surface area contributed by atoms with Gasteiger partial charge in [-0.25, -0.2) is 4.79 Å². The Morgan fingerprint density at radius 1 is 1.19 bits per heavy atom. The third-order valence-corrected chi connectivity index (χ3v) is 5.70. The van der Waals surface area contributed by atoms with Crippen molar-refractivity contribution in [2.45, 2.75) is 12.6 Å². The molecule has 2 amide bonds. The van der Waals surface area contributed by atoms with Crippen molar-refractivity contribution in [2.24, 2.45) is 0 Å². The molecule has 8 heteroatoms. The van der Waals surface area contributed by atoms with Crippen LogP contribution in [0.25, 0.3) is 0 Å². The van der Waals surface area contributed by atoms with Gasteiger partial charge in [-0.1, -0.05) is 0 Å². The van der Waals surface area contributed by atoms with E-state index in [2.05, 4.69) is 10.6 Å². The molecule has 0 aliphatic carbocycles. The Bertz CT molecular complexity index is 908. The molecule has 6 nitrogen and oxygen atoms in total. The van der Waals surface area contributed by atoms with Gasteiger partial charge in [-0.3, -0.25) is 0 Å². The molecular formula is C18H16N2O4S2. The lowest BCUT2D eigenvalue weighted by atomic mass is 10.2. The Kier molecular flexibility index (Phi) is 4.79. The van der Waals surface area contributed by atoms with Crippen molar-refractivity contribution in [3.05, 3.63) is 62.5 Å². The summed E-state index contributed by atoms with van der Waals surface area (Å²) in [7, 11) is 0. The van der Waals surface area contributed by atoms with E-state index < -0.39 is 6.10 Å². The third-order valence-electron chi connectivity index (χ3n) is 3.86. The second-order valence-electron chi connectivity index (χ2n) is 5.64.